The SMILES string of the molecule is CC(C)(C)c1cc(C(C)(C)C)c2c(c1)c1cc(C(C)(C)C)cc(C(C)(C)C)c1n2B1c2ccccc2-n2c3cncnc3c3cccc1c32. The van der Waals surface area contributed by atoms with Crippen molar-refractivity contribution >= 4 is 61.5 Å². The predicted octanol–water partition coefficient (Wildman–Crippen LogP) is 9.84. The van der Waals surface area contributed by atoms with Gasteiger partial charge in [-0.25, -0.2) is 9.97 Å². The number of para-hydroxylation sites is 2. The third-order valence-electron chi connectivity index (χ3n) is 10.8. The monoisotopic (exact) mass is 644 g/mol. The zero-order valence-corrected chi connectivity index (χ0v) is 31.4. The summed E-state index contributed by atoms with van der Waals surface area (Å²) in [6.07, 6.45) is 3.65. The van der Waals surface area contributed by atoms with Gasteiger partial charge in [-0.2, -0.15) is 0 Å². The molecule has 1 aliphatic rings. The van der Waals surface area contributed by atoms with E-state index in [9.17, 15) is 0 Å². The Balaban J connectivity index is 1.67. The summed E-state index contributed by atoms with van der Waals surface area (Å²) in [5, 5.41) is 3.88. The Hall–Kier alpha value is -4.38. The van der Waals surface area contributed by atoms with Gasteiger partial charge in [-0.1, -0.05) is 132 Å². The normalized spacial score (nSPS) is 14.1. The lowest BCUT2D eigenvalue weighted by Gasteiger charge is -2.32. The van der Waals surface area contributed by atoms with Crippen molar-refractivity contribution in [3.05, 3.63) is 102 Å². The summed E-state index contributed by atoms with van der Waals surface area (Å²) in [5.41, 5.74) is 15.1. The van der Waals surface area contributed by atoms with Crippen LogP contribution in [-0.2, 0) is 21.7 Å². The number of fused-ring (bicyclic) bond motifs is 8. The van der Waals surface area contributed by atoms with Crippen molar-refractivity contribution in [2.75, 3.05) is 0 Å². The second-order valence-electron chi connectivity index (χ2n) is 18.5. The number of rotatable bonds is 1. The molecule has 8 rings (SSSR count). The molecule has 0 saturated carbocycles. The van der Waals surface area contributed by atoms with Gasteiger partial charge in [0.05, 0.1) is 22.7 Å². The highest BCUT2D eigenvalue weighted by Gasteiger charge is 2.39. The molecule has 0 atom stereocenters. The molecule has 1 aliphatic heterocycles. The molecular weight excluding hydrogens is 595 g/mol. The second-order valence-corrected chi connectivity index (χ2v) is 18.5. The van der Waals surface area contributed by atoms with Gasteiger partial charge in [0.2, 0.25) is 0 Å². The zero-order chi connectivity index (χ0) is 35.0. The highest BCUT2D eigenvalue weighted by molar-refractivity contribution is 6.88. The van der Waals surface area contributed by atoms with E-state index in [-0.39, 0.29) is 28.5 Å². The van der Waals surface area contributed by atoms with Crippen LogP contribution in [0.3, 0.4) is 0 Å². The van der Waals surface area contributed by atoms with E-state index >= 15 is 0 Å². The lowest BCUT2D eigenvalue weighted by Crippen LogP contribution is -2.53. The molecule has 0 bridgehead atoms. The van der Waals surface area contributed by atoms with Gasteiger partial charge in [0.1, 0.15) is 6.33 Å². The van der Waals surface area contributed by atoms with Crippen LogP contribution in [0.2, 0.25) is 0 Å². The molecule has 0 fully saturated rings. The predicted molar refractivity (Wildman–Crippen MR) is 211 cm³/mol. The van der Waals surface area contributed by atoms with E-state index in [2.05, 4.69) is 164 Å². The molecule has 49 heavy (non-hydrogen) atoms. The fourth-order valence-corrected chi connectivity index (χ4v) is 8.23. The molecule has 0 amide bonds. The first-order chi connectivity index (χ1) is 22.9. The van der Waals surface area contributed by atoms with E-state index in [4.69, 9.17) is 4.98 Å². The molecule has 7 aromatic rings. The fourth-order valence-electron chi connectivity index (χ4n) is 8.23. The van der Waals surface area contributed by atoms with E-state index in [1.165, 1.54) is 71.6 Å². The number of hydrogen-bond acceptors (Lipinski definition) is 2. The third kappa shape index (κ3) is 4.64. The molecule has 4 heterocycles. The summed E-state index contributed by atoms with van der Waals surface area (Å²) >= 11 is 0. The van der Waals surface area contributed by atoms with E-state index in [1.54, 1.807) is 6.33 Å². The lowest BCUT2D eigenvalue weighted by atomic mass is 9.48. The Bertz CT molecular complexity index is 2390. The summed E-state index contributed by atoms with van der Waals surface area (Å²) in [4.78, 5) is 9.32. The van der Waals surface area contributed by atoms with Crippen molar-refractivity contribution in [3.8, 4) is 5.69 Å². The number of aromatic nitrogens is 4. The standard InChI is InChI=1S/C44H49BN4/c1-41(2,3)26-20-29-30-21-27(42(4,5)6)23-32(44(10,11)12)39(30)49(38(29)31(22-26)43(7,8)9)45-33-17-13-14-19-35(33)48-36-24-46-25-47-37(36)28-16-15-18-34(45)40(28)48/h13-25H,1-12H3. The Morgan fingerprint density at radius 2 is 1.10 bits per heavy atom. The third-order valence-corrected chi connectivity index (χ3v) is 10.8. The number of hydrogen-bond donors (Lipinski definition) is 0. The summed E-state index contributed by atoms with van der Waals surface area (Å²) in [6, 6.07) is 25.9. The minimum atomic E-state index is -0.0922. The van der Waals surface area contributed by atoms with Gasteiger partial charge in [0, 0.05) is 32.9 Å². The number of nitrogens with zero attached hydrogens (tertiary/aromatic N) is 4. The van der Waals surface area contributed by atoms with Gasteiger partial charge in [-0.05, 0) is 73.0 Å². The van der Waals surface area contributed by atoms with Crippen LogP contribution < -0.4 is 10.9 Å². The molecule has 0 aliphatic carbocycles. The van der Waals surface area contributed by atoms with Crippen LogP contribution in [-0.4, -0.2) is 25.9 Å². The van der Waals surface area contributed by atoms with Crippen LogP contribution >= 0.6 is 0 Å². The maximum atomic E-state index is 4.83. The summed E-state index contributed by atoms with van der Waals surface area (Å²) in [5.74, 6) is 0. The average molecular weight is 645 g/mol. The maximum Gasteiger partial charge on any atom is 0.332 e. The van der Waals surface area contributed by atoms with Crippen molar-refractivity contribution in [1.82, 2.24) is 19.0 Å². The van der Waals surface area contributed by atoms with Crippen molar-refractivity contribution in [1.29, 1.82) is 0 Å². The van der Waals surface area contributed by atoms with Gasteiger partial charge in [-0.3, -0.25) is 0 Å². The van der Waals surface area contributed by atoms with E-state index < -0.39 is 0 Å². The maximum absolute atomic E-state index is 4.83. The topological polar surface area (TPSA) is 35.6 Å². The first kappa shape index (κ1) is 31.9. The molecule has 0 radical (unpaired) electrons. The largest absolute Gasteiger partial charge is 0.375 e. The quantitative estimate of drug-likeness (QED) is 0.167. The second kappa shape index (κ2) is 10.1. The van der Waals surface area contributed by atoms with Crippen molar-refractivity contribution in [2.45, 2.75) is 105 Å². The van der Waals surface area contributed by atoms with Crippen molar-refractivity contribution in [2.24, 2.45) is 0 Å². The summed E-state index contributed by atoms with van der Waals surface area (Å²) < 4.78 is 5.16. The minimum absolute atomic E-state index is 0.00210. The van der Waals surface area contributed by atoms with Crippen LogP contribution in [0.25, 0.3) is 49.4 Å². The zero-order valence-electron chi connectivity index (χ0n) is 31.4. The van der Waals surface area contributed by atoms with Crippen LogP contribution in [0.5, 0.6) is 0 Å². The average Bonchev–Trinajstić information content (AvgIpc) is 3.53. The first-order valence-electron chi connectivity index (χ1n) is 17.9. The van der Waals surface area contributed by atoms with Gasteiger partial charge >= 0.3 is 6.85 Å². The van der Waals surface area contributed by atoms with E-state index in [0.29, 0.717) is 0 Å². The Morgan fingerprint density at radius 1 is 0.551 bits per heavy atom. The first-order valence-corrected chi connectivity index (χ1v) is 17.9. The van der Waals surface area contributed by atoms with Crippen LogP contribution in [0.15, 0.2) is 79.3 Å². The summed E-state index contributed by atoms with van der Waals surface area (Å²) in [6.45, 7) is 28.3. The Labute approximate surface area is 291 Å². The van der Waals surface area contributed by atoms with Crippen molar-refractivity contribution in [3.63, 3.8) is 0 Å². The highest BCUT2D eigenvalue weighted by Crippen LogP contribution is 2.45. The minimum Gasteiger partial charge on any atom is -0.375 e. The van der Waals surface area contributed by atoms with Gasteiger partial charge in [-0.15, -0.1) is 0 Å². The lowest BCUT2D eigenvalue weighted by molar-refractivity contribution is 0.571. The Kier molecular flexibility index (Phi) is 6.56. The molecule has 3 aromatic heterocycles. The van der Waals surface area contributed by atoms with Crippen LogP contribution in [0, 0.1) is 0 Å². The van der Waals surface area contributed by atoms with Gasteiger partial charge in [0.15, 0.2) is 0 Å². The van der Waals surface area contributed by atoms with Crippen molar-refractivity contribution < 1.29 is 0 Å². The summed E-state index contributed by atoms with van der Waals surface area (Å²) in [7, 11) is 0. The molecule has 0 saturated heterocycles. The van der Waals surface area contributed by atoms with Gasteiger partial charge < -0.3 is 9.05 Å². The van der Waals surface area contributed by atoms with Crippen LogP contribution in [0.4, 0.5) is 0 Å². The highest BCUT2D eigenvalue weighted by atomic mass is 15.0. The molecule has 4 aromatic carbocycles. The smallest absolute Gasteiger partial charge is 0.332 e. The molecule has 0 N–H and O–H groups in total. The van der Waals surface area contributed by atoms with E-state index in [1.807, 2.05) is 6.20 Å². The van der Waals surface area contributed by atoms with E-state index in [0.717, 1.165) is 11.0 Å². The molecular formula is C44H49BN4. The Morgan fingerprint density at radius 3 is 1.65 bits per heavy atom. The molecule has 5 heteroatoms. The molecule has 4 nitrogen and oxygen atoms in total. The molecule has 248 valence electrons. The number of benzene rings is 4. The fraction of sp³-hybridized carbons (Fsp3) is 0.364. The van der Waals surface area contributed by atoms with Gasteiger partial charge in [0.25, 0.3) is 0 Å². The van der Waals surface area contributed by atoms with Crippen LogP contribution in [0.1, 0.15) is 105 Å². The molecule has 0 unspecified atom stereocenters. The molecule has 0 spiro atoms.